The molecule has 0 aliphatic rings. The average Bonchev–Trinajstić information content (AvgIpc) is 2.10. The van der Waals surface area contributed by atoms with Crippen molar-refractivity contribution in [1.82, 2.24) is 0 Å². The summed E-state index contributed by atoms with van der Waals surface area (Å²) in [4.78, 5) is 11.5. The van der Waals surface area contributed by atoms with Crippen LogP contribution in [0.5, 0.6) is 0 Å². The molecule has 0 unspecified atom stereocenters. The molecule has 0 aliphatic heterocycles. The SMILES string of the molecule is CCCCC(=O)[C@H](CC)CCC. The fraction of sp³-hybridized carbons (Fsp3) is 0.909. The molecule has 0 heterocycles. The van der Waals surface area contributed by atoms with Gasteiger partial charge in [0.25, 0.3) is 0 Å². The van der Waals surface area contributed by atoms with Gasteiger partial charge in [0.2, 0.25) is 0 Å². The lowest BCUT2D eigenvalue weighted by Gasteiger charge is -2.11. The van der Waals surface area contributed by atoms with Gasteiger partial charge in [0.1, 0.15) is 5.78 Å². The Morgan fingerprint density at radius 3 is 2.25 bits per heavy atom. The monoisotopic (exact) mass is 170 g/mol. The van der Waals surface area contributed by atoms with Gasteiger partial charge in [-0.05, 0) is 19.3 Å². The molecule has 1 heteroatoms. The van der Waals surface area contributed by atoms with Crippen molar-refractivity contribution in [3.05, 3.63) is 0 Å². The van der Waals surface area contributed by atoms with Crippen molar-refractivity contribution >= 4 is 5.78 Å². The molecule has 1 nitrogen and oxygen atoms in total. The normalized spacial score (nSPS) is 12.9. The van der Waals surface area contributed by atoms with Gasteiger partial charge in [-0.15, -0.1) is 0 Å². The molecule has 1 atom stereocenters. The Balaban J connectivity index is 3.69. The summed E-state index contributed by atoms with van der Waals surface area (Å²) in [7, 11) is 0. The lowest BCUT2D eigenvalue weighted by molar-refractivity contribution is -0.123. The molecule has 72 valence electrons. The highest BCUT2D eigenvalue weighted by atomic mass is 16.1. The minimum Gasteiger partial charge on any atom is -0.299 e. The number of ketones is 1. The summed E-state index contributed by atoms with van der Waals surface area (Å²) in [5.74, 6) is 0.836. The van der Waals surface area contributed by atoms with Crippen molar-refractivity contribution in [1.29, 1.82) is 0 Å². The van der Waals surface area contributed by atoms with Crippen LogP contribution in [0.2, 0.25) is 0 Å². The number of hydrogen-bond acceptors (Lipinski definition) is 1. The summed E-state index contributed by atoms with van der Waals surface area (Å²) in [6.45, 7) is 6.40. The van der Waals surface area contributed by atoms with Gasteiger partial charge >= 0.3 is 0 Å². The molecule has 0 saturated carbocycles. The maximum atomic E-state index is 11.5. The van der Waals surface area contributed by atoms with E-state index in [9.17, 15) is 4.79 Å². The van der Waals surface area contributed by atoms with E-state index in [-0.39, 0.29) is 0 Å². The van der Waals surface area contributed by atoms with Crippen LogP contribution < -0.4 is 0 Å². The third kappa shape index (κ3) is 4.53. The van der Waals surface area contributed by atoms with E-state index in [0.29, 0.717) is 11.7 Å². The smallest absolute Gasteiger partial charge is 0.135 e. The second-order valence-electron chi connectivity index (χ2n) is 3.46. The molecule has 0 spiro atoms. The van der Waals surface area contributed by atoms with Gasteiger partial charge in [-0.3, -0.25) is 4.79 Å². The van der Waals surface area contributed by atoms with Crippen LogP contribution >= 0.6 is 0 Å². The molecule has 0 aromatic heterocycles. The summed E-state index contributed by atoms with van der Waals surface area (Å²) in [6.07, 6.45) is 6.24. The lowest BCUT2D eigenvalue weighted by Crippen LogP contribution is -2.12. The van der Waals surface area contributed by atoms with Gasteiger partial charge in [-0.2, -0.15) is 0 Å². The molecule has 12 heavy (non-hydrogen) atoms. The molecule has 0 aromatic rings. The summed E-state index contributed by atoms with van der Waals surface area (Å²) in [5.41, 5.74) is 0. The quantitative estimate of drug-likeness (QED) is 0.571. The number of rotatable bonds is 7. The molecule has 0 rings (SSSR count). The zero-order chi connectivity index (χ0) is 9.40. The first kappa shape index (κ1) is 11.7. The Kier molecular flexibility index (Phi) is 7.12. The Hall–Kier alpha value is -0.330. The van der Waals surface area contributed by atoms with Gasteiger partial charge < -0.3 is 0 Å². The standard InChI is InChI=1S/C11H22O/c1-4-7-9-11(12)10(6-3)8-5-2/h10H,4-9H2,1-3H3/t10-/m1/s1. The average molecular weight is 170 g/mol. The second-order valence-corrected chi connectivity index (χ2v) is 3.46. The van der Waals surface area contributed by atoms with Crippen molar-refractivity contribution in [2.24, 2.45) is 5.92 Å². The molecule has 0 bridgehead atoms. The Bertz CT molecular complexity index is 118. The molecule has 0 aromatic carbocycles. The molecule has 0 saturated heterocycles. The fourth-order valence-electron chi connectivity index (χ4n) is 1.50. The third-order valence-corrected chi connectivity index (χ3v) is 2.36. The van der Waals surface area contributed by atoms with E-state index >= 15 is 0 Å². The van der Waals surface area contributed by atoms with Gasteiger partial charge in [0.15, 0.2) is 0 Å². The third-order valence-electron chi connectivity index (χ3n) is 2.36. The van der Waals surface area contributed by atoms with Crippen molar-refractivity contribution in [2.75, 3.05) is 0 Å². The van der Waals surface area contributed by atoms with Crippen molar-refractivity contribution in [3.8, 4) is 0 Å². The number of Topliss-reactive ketones (excluding diaryl/α,β-unsaturated/α-hetero) is 1. The highest BCUT2D eigenvalue weighted by molar-refractivity contribution is 5.80. The first-order valence-electron chi connectivity index (χ1n) is 5.28. The topological polar surface area (TPSA) is 17.1 Å². The first-order valence-corrected chi connectivity index (χ1v) is 5.28. The Morgan fingerprint density at radius 2 is 1.83 bits per heavy atom. The summed E-state index contributed by atoms with van der Waals surface area (Å²) < 4.78 is 0. The van der Waals surface area contributed by atoms with Crippen molar-refractivity contribution in [2.45, 2.75) is 59.3 Å². The van der Waals surface area contributed by atoms with Crippen molar-refractivity contribution in [3.63, 3.8) is 0 Å². The van der Waals surface area contributed by atoms with Gasteiger partial charge in [-0.25, -0.2) is 0 Å². The van der Waals surface area contributed by atoms with E-state index in [1.807, 2.05) is 0 Å². The van der Waals surface area contributed by atoms with Crippen LogP contribution in [0.15, 0.2) is 0 Å². The largest absolute Gasteiger partial charge is 0.299 e. The summed E-state index contributed by atoms with van der Waals surface area (Å²) >= 11 is 0. The Morgan fingerprint density at radius 1 is 1.17 bits per heavy atom. The maximum absolute atomic E-state index is 11.5. The molecular formula is C11H22O. The predicted octanol–water partition coefficient (Wildman–Crippen LogP) is 3.57. The zero-order valence-electron chi connectivity index (χ0n) is 8.73. The van der Waals surface area contributed by atoms with Crippen LogP contribution in [-0.4, -0.2) is 5.78 Å². The fourth-order valence-corrected chi connectivity index (χ4v) is 1.50. The van der Waals surface area contributed by atoms with Crippen LogP contribution in [0.25, 0.3) is 0 Å². The van der Waals surface area contributed by atoms with E-state index in [2.05, 4.69) is 20.8 Å². The van der Waals surface area contributed by atoms with Crippen LogP contribution in [0.1, 0.15) is 59.3 Å². The van der Waals surface area contributed by atoms with Crippen LogP contribution in [0, 0.1) is 5.92 Å². The number of unbranched alkanes of at least 4 members (excludes halogenated alkanes) is 1. The van der Waals surface area contributed by atoms with E-state index < -0.39 is 0 Å². The van der Waals surface area contributed by atoms with E-state index in [0.717, 1.165) is 38.5 Å². The number of carbonyl (C=O) groups excluding carboxylic acids is 1. The molecule has 0 N–H and O–H groups in total. The molecular weight excluding hydrogens is 148 g/mol. The first-order chi connectivity index (χ1) is 5.76. The highest BCUT2D eigenvalue weighted by Crippen LogP contribution is 2.15. The van der Waals surface area contributed by atoms with E-state index in [4.69, 9.17) is 0 Å². The van der Waals surface area contributed by atoms with Crippen LogP contribution in [-0.2, 0) is 4.79 Å². The molecule has 0 aliphatic carbocycles. The van der Waals surface area contributed by atoms with E-state index in [1.54, 1.807) is 0 Å². The maximum Gasteiger partial charge on any atom is 0.135 e. The molecule has 0 amide bonds. The van der Waals surface area contributed by atoms with Gasteiger partial charge in [0.05, 0.1) is 0 Å². The molecule has 0 radical (unpaired) electrons. The van der Waals surface area contributed by atoms with Crippen LogP contribution in [0.3, 0.4) is 0 Å². The molecule has 0 fully saturated rings. The zero-order valence-corrected chi connectivity index (χ0v) is 8.73. The number of hydrogen-bond donors (Lipinski definition) is 0. The van der Waals surface area contributed by atoms with Gasteiger partial charge in [0, 0.05) is 12.3 Å². The Labute approximate surface area is 76.6 Å². The minimum atomic E-state index is 0.349. The van der Waals surface area contributed by atoms with Crippen molar-refractivity contribution < 1.29 is 4.79 Å². The summed E-state index contributed by atoms with van der Waals surface area (Å²) in [5, 5.41) is 0. The minimum absolute atomic E-state index is 0.349. The lowest BCUT2D eigenvalue weighted by atomic mass is 9.93. The van der Waals surface area contributed by atoms with E-state index in [1.165, 1.54) is 0 Å². The second kappa shape index (κ2) is 7.33. The number of carbonyl (C=O) groups is 1. The van der Waals surface area contributed by atoms with Gasteiger partial charge in [-0.1, -0.05) is 33.6 Å². The summed E-state index contributed by atoms with van der Waals surface area (Å²) in [6, 6.07) is 0. The highest BCUT2D eigenvalue weighted by Gasteiger charge is 2.13. The predicted molar refractivity (Wildman–Crippen MR) is 53.2 cm³/mol. The van der Waals surface area contributed by atoms with Crippen LogP contribution in [0.4, 0.5) is 0 Å².